The predicted molar refractivity (Wildman–Crippen MR) is 114 cm³/mol. The second-order valence-electron chi connectivity index (χ2n) is 6.12. The number of benzene rings is 2. The number of anilines is 1. The van der Waals surface area contributed by atoms with Gasteiger partial charge in [0.05, 0.1) is 31.6 Å². The molecule has 2 N–H and O–H groups in total. The molecule has 2 aromatic rings. The van der Waals surface area contributed by atoms with Gasteiger partial charge >= 0.3 is 5.97 Å². The number of amides is 2. The molecule has 0 bridgehead atoms. The van der Waals surface area contributed by atoms with Crippen LogP contribution in [0, 0.1) is 0 Å². The first-order valence-electron chi connectivity index (χ1n) is 9.74. The van der Waals surface area contributed by atoms with Crippen molar-refractivity contribution in [3.05, 3.63) is 48.0 Å². The quantitative estimate of drug-likeness (QED) is 0.527. The molecule has 0 aliphatic heterocycles. The van der Waals surface area contributed by atoms with E-state index in [1.165, 1.54) is 7.11 Å². The molecule has 0 saturated heterocycles. The molecule has 0 aliphatic carbocycles. The number of rotatable bonds is 11. The Morgan fingerprint density at radius 1 is 0.935 bits per heavy atom. The summed E-state index contributed by atoms with van der Waals surface area (Å²) >= 11 is 0. The Labute approximate surface area is 180 Å². The molecule has 2 amide bonds. The highest BCUT2D eigenvalue weighted by Gasteiger charge is 2.15. The molecule has 0 unspecified atom stereocenters. The van der Waals surface area contributed by atoms with Crippen molar-refractivity contribution >= 4 is 23.5 Å². The van der Waals surface area contributed by atoms with Crippen molar-refractivity contribution in [3.8, 4) is 17.2 Å². The fourth-order valence-corrected chi connectivity index (χ4v) is 2.61. The molecule has 9 nitrogen and oxygen atoms in total. The number of hydrogen-bond donors (Lipinski definition) is 2. The SMILES string of the molecule is CCOc1ccc(OCC)c(NC(=O)COC(=O)CNC(=O)c2ccccc2OC)c1. The van der Waals surface area contributed by atoms with Crippen LogP contribution < -0.4 is 24.8 Å². The maximum atomic E-state index is 12.2. The number of nitrogens with one attached hydrogen (secondary N) is 2. The summed E-state index contributed by atoms with van der Waals surface area (Å²) in [7, 11) is 1.44. The van der Waals surface area contributed by atoms with Gasteiger partial charge in [-0.3, -0.25) is 14.4 Å². The van der Waals surface area contributed by atoms with Crippen LogP contribution in [0.1, 0.15) is 24.2 Å². The molecule has 2 rings (SSSR count). The van der Waals surface area contributed by atoms with Crippen molar-refractivity contribution in [2.75, 3.05) is 38.8 Å². The lowest BCUT2D eigenvalue weighted by Gasteiger charge is -2.14. The number of para-hydroxylation sites is 1. The van der Waals surface area contributed by atoms with Gasteiger partial charge in [-0.05, 0) is 38.1 Å². The molecule has 31 heavy (non-hydrogen) atoms. The second kappa shape index (κ2) is 12.1. The van der Waals surface area contributed by atoms with Crippen LogP contribution in [0.2, 0.25) is 0 Å². The number of carbonyl (C=O) groups excluding carboxylic acids is 3. The molecule has 0 aromatic heterocycles. The van der Waals surface area contributed by atoms with Gasteiger partial charge in [-0.25, -0.2) is 0 Å². The van der Waals surface area contributed by atoms with Crippen LogP contribution in [0.3, 0.4) is 0 Å². The summed E-state index contributed by atoms with van der Waals surface area (Å²) in [6.07, 6.45) is 0. The van der Waals surface area contributed by atoms with Crippen molar-refractivity contribution in [3.63, 3.8) is 0 Å². The van der Waals surface area contributed by atoms with E-state index in [9.17, 15) is 14.4 Å². The summed E-state index contributed by atoms with van der Waals surface area (Å²) < 4.78 is 20.9. The van der Waals surface area contributed by atoms with Crippen LogP contribution in [0.25, 0.3) is 0 Å². The topological polar surface area (TPSA) is 112 Å². The third-order valence-corrected chi connectivity index (χ3v) is 3.95. The van der Waals surface area contributed by atoms with E-state index in [0.717, 1.165) is 0 Å². The molecule has 0 heterocycles. The van der Waals surface area contributed by atoms with E-state index in [0.29, 0.717) is 36.1 Å². The first-order chi connectivity index (χ1) is 15.0. The van der Waals surface area contributed by atoms with E-state index < -0.39 is 30.9 Å². The average molecular weight is 430 g/mol. The first-order valence-corrected chi connectivity index (χ1v) is 9.74. The zero-order chi connectivity index (χ0) is 22.6. The van der Waals surface area contributed by atoms with Gasteiger partial charge in [-0.15, -0.1) is 0 Å². The zero-order valence-corrected chi connectivity index (χ0v) is 17.7. The largest absolute Gasteiger partial charge is 0.496 e. The summed E-state index contributed by atoms with van der Waals surface area (Å²) in [5.74, 6) is -0.391. The van der Waals surface area contributed by atoms with Crippen LogP contribution in [0.4, 0.5) is 5.69 Å². The van der Waals surface area contributed by atoms with E-state index in [1.807, 2.05) is 13.8 Å². The third kappa shape index (κ3) is 7.22. The summed E-state index contributed by atoms with van der Waals surface area (Å²) in [6, 6.07) is 11.6. The highest BCUT2D eigenvalue weighted by Crippen LogP contribution is 2.29. The van der Waals surface area contributed by atoms with Gasteiger partial charge in [0.25, 0.3) is 11.8 Å². The van der Waals surface area contributed by atoms with Gasteiger partial charge < -0.3 is 29.6 Å². The minimum atomic E-state index is -0.758. The number of esters is 1. The smallest absolute Gasteiger partial charge is 0.325 e. The Kier molecular flexibility index (Phi) is 9.15. The van der Waals surface area contributed by atoms with Crippen LogP contribution in [0.5, 0.6) is 17.2 Å². The Morgan fingerprint density at radius 2 is 1.68 bits per heavy atom. The van der Waals surface area contributed by atoms with E-state index in [2.05, 4.69) is 10.6 Å². The summed E-state index contributed by atoms with van der Waals surface area (Å²) in [5, 5.41) is 5.06. The fourth-order valence-electron chi connectivity index (χ4n) is 2.61. The lowest BCUT2D eigenvalue weighted by Crippen LogP contribution is -2.32. The zero-order valence-electron chi connectivity index (χ0n) is 17.7. The average Bonchev–Trinajstić information content (AvgIpc) is 2.78. The van der Waals surface area contributed by atoms with E-state index in [1.54, 1.807) is 42.5 Å². The van der Waals surface area contributed by atoms with Gasteiger partial charge in [0.15, 0.2) is 6.61 Å². The lowest BCUT2D eigenvalue weighted by molar-refractivity contribution is -0.146. The maximum Gasteiger partial charge on any atom is 0.325 e. The third-order valence-electron chi connectivity index (χ3n) is 3.95. The van der Waals surface area contributed by atoms with E-state index in [4.69, 9.17) is 18.9 Å². The molecule has 0 saturated carbocycles. The molecule has 0 atom stereocenters. The summed E-state index contributed by atoms with van der Waals surface area (Å²) in [4.78, 5) is 36.3. The normalized spacial score (nSPS) is 10.0. The Morgan fingerprint density at radius 3 is 2.39 bits per heavy atom. The van der Waals surface area contributed by atoms with Crippen LogP contribution in [-0.2, 0) is 14.3 Å². The van der Waals surface area contributed by atoms with Gasteiger partial charge in [0.2, 0.25) is 0 Å². The minimum absolute atomic E-state index is 0.285. The fraction of sp³-hybridized carbons (Fsp3) is 0.318. The van der Waals surface area contributed by atoms with Crippen molar-refractivity contribution < 1.29 is 33.3 Å². The number of methoxy groups -OCH3 is 1. The monoisotopic (exact) mass is 430 g/mol. The van der Waals surface area contributed by atoms with Gasteiger partial charge in [-0.2, -0.15) is 0 Å². The lowest BCUT2D eigenvalue weighted by atomic mass is 10.2. The molecule has 0 spiro atoms. The van der Waals surface area contributed by atoms with Gasteiger partial charge in [0.1, 0.15) is 23.8 Å². The van der Waals surface area contributed by atoms with Crippen LogP contribution in [0.15, 0.2) is 42.5 Å². The Bertz CT molecular complexity index is 914. The van der Waals surface area contributed by atoms with Crippen LogP contribution >= 0.6 is 0 Å². The molecule has 166 valence electrons. The van der Waals surface area contributed by atoms with Crippen molar-refractivity contribution in [1.82, 2.24) is 5.32 Å². The molecule has 9 heteroatoms. The summed E-state index contributed by atoms with van der Waals surface area (Å²) in [6.45, 7) is 3.64. The van der Waals surface area contributed by atoms with E-state index in [-0.39, 0.29) is 5.56 Å². The molecule has 0 fully saturated rings. The highest BCUT2D eigenvalue weighted by molar-refractivity contribution is 5.98. The van der Waals surface area contributed by atoms with Crippen molar-refractivity contribution in [2.45, 2.75) is 13.8 Å². The molecule has 0 radical (unpaired) electrons. The minimum Gasteiger partial charge on any atom is -0.496 e. The molecule has 2 aromatic carbocycles. The highest BCUT2D eigenvalue weighted by atomic mass is 16.5. The standard InChI is InChI=1S/C22H26N2O7/c1-4-29-15-10-11-19(30-5-2)17(12-15)24-20(25)14-31-21(26)13-23-22(27)16-8-6-7-9-18(16)28-3/h6-12H,4-5,13-14H2,1-3H3,(H,23,27)(H,24,25). The maximum absolute atomic E-state index is 12.2. The number of hydrogen-bond acceptors (Lipinski definition) is 7. The van der Waals surface area contributed by atoms with Gasteiger partial charge in [0, 0.05) is 6.07 Å². The molecular formula is C22H26N2O7. The number of ether oxygens (including phenoxy) is 4. The van der Waals surface area contributed by atoms with Gasteiger partial charge in [-0.1, -0.05) is 12.1 Å². The van der Waals surface area contributed by atoms with Crippen molar-refractivity contribution in [2.24, 2.45) is 0 Å². The van der Waals surface area contributed by atoms with Crippen molar-refractivity contribution in [1.29, 1.82) is 0 Å². The predicted octanol–water partition coefficient (Wildman–Crippen LogP) is 2.40. The number of carbonyl (C=O) groups is 3. The summed E-state index contributed by atoms with van der Waals surface area (Å²) in [5.41, 5.74) is 0.687. The molecule has 0 aliphatic rings. The van der Waals surface area contributed by atoms with E-state index >= 15 is 0 Å². The van der Waals surface area contributed by atoms with Crippen LogP contribution in [-0.4, -0.2) is 51.3 Å². The first kappa shape index (κ1) is 23.5. The Hall–Kier alpha value is -3.75. The second-order valence-corrected chi connectivity index (χ2v) is 6.12. The molecular weight excluding hydrogens is 404 g/mol. The Balaban J connectivity index is 1.86.